The lowest BCUT2D eigenvalue weighted by Crippen LogP contribution is -2.17. The number of aromatic nitrogens is 1. The second kappa shape index (κ2) is 7.06. The number of furan rings is 1. The Labute approximate surface area is 176 Å². The zero-order valence-corrected chi connectivity index (χ0v) is 17.8. The second-order valence-electron chi connectivity index (χ2n) is 6.51. The summed E-state index contributed by atoms with van der Waals surface area (Å²) in [6, 6.07) is 4.96. The summed E-state index contributed by atoms with van der Waals surface area (Å²) < 4.78 is 30.0. The van der Waals surface area contributed by atoms with E-state index in [9.17, 15) is 13.2 Å². The van der Waals surface area contributed by atoms with E-state index in [0.717, 1.165) is 16.5 Å². The molecular weight excluding hydrogens is 430 g/mol. The predicted molar refractivity (Wildman–Crippen MR) is 117 cm³/mol. The molecular formula is C19H15N3O4S3. The largest absolute Gasteiger partial charge is 0.456 e. The van der Waals surface area contributed by atoms with Gasteiger partial charge < -0.3 is 9.73 Å². The first-order chi connectivity index (χ1) is 13.6. The van der Waals surface area contributed by atoms with Crippen LogP contribution in [-0.2, 0) is 14.8 Å². The van der Waals surface area contributed by atoms with Crippen molar-refractivity contribution < 1.29 is 17.6 Å². The smallest absolute Gasteiger partial charge is 0.263 e. The fourth-order valence-electron chi connectivity index (χ4n) is 3.19. The number of thiocarbonyl (C=S) groups is 1. The highest BCUT2D eigenvalue weighted by molar-refractivity contribution is 8.26. The fraction of sp³-hybridized carbons (Fsp3) is 0.105. The van der Waals surface area contributed by atoms with E-state index in [2.05, 4.69) is 10.3 Å². The molecule has 3 N–H and O–H groups in total. The van der Waals surface area contributed by atoms with Crippen molar-refractivity contribution in [3.8, 4) is 11.1 Å². The van der Waals surface area contributed by atoms with E-state index in [1.807, 2.05) is 6.92 Å². The lowest BCUT2D eigenvalue weighted by molar-refractivity contribution is -0.115. The van der Waals surface area contributed by atoms with Crippen molar-refractivity contribution in [2.75, 3.05) is 0 Å². The predicted octanol–water partition coefficient (Wildman–Crippen LogP) is 3.25. The van der Waals surface area contributed by atoms with E-state index in [-0.39, 0.29) is 10.8 Å². The van der Waals surface area contributed by atoms with Crippen molar-refractivity contribution in [1.82, 2.24) is 10.3 Å². The van der Waals surface area contributed by atoms with Crippen LogP contribution in [0.15, 0.2) is 44.8 Å². The van der Waals surface area contributed by atoms with Gasteiger partial charge in [-0.3, -0.25) is 9.78 Å². The summed E-state index contributed by atoms with van der Waals surface area (Å²) >= 11 is 6.17. The Morgan fingerprint density at radius 3 is 2.62 bits per heavy atom. The molecule has 1 aliphatic heterocycles. The molecule has 29 heavy (non-hydrogen) atoms. The van der Waals surface area contributed by atoms with Gasteiger partial charge in [-0.05, 0) is 42.7 Å². The van der Waals surface area contributed by atoms with Crippen LogP contribution in [0, 0.1) is 13.8 Å². The third-order valence-corrected chi connectivity index (χ3v) is 6.91. The van der Waals surface area contributed by atoms with E-state index in [4.69, 9.17) is 21.8 Å². The number of nitrogens with zero attached hydrogens (tertiary/aromatic N) is 1. The Bertz CT molecular complexity index is 1340. The summed E-state index contributed by atoms with van der Waals surface area (Å²) in [6.07, 6.45) is 4.95. The van der Waals surface area contributed by atoms with E-state index in [1.165, 1.54) is 17.8 Å². The molecule has 0 aliphatic carbocycles. The number of thioether (sulfide) groups is 1. The minimum absolute atomic E-state index is 0.0870. The monoisotopic (exact) mass is 445 g/mol. The number of pyridine rings is 1. The third-order valence-electron chi connectivity index (χ3n) is 4.69. The van der Waals surface area contributed by atoms with Crippen molar-refractivity contribution in [1.29, 1.82) is 0 Å². The molecule has 1 saturated heterocycles. The van der Waals surface area contributed by atoms with Gasteiger partial charge in [-0.2, -0.15) is 0 Å². The van der Waals surface area contributed by atoms with Crippen LogP contribution >= 0.6 is 24.0 Å². The molecule has 148 valence electrons. The number of rotatable bonds is 3. The number of nitrogens with two attached hydrogens (primary N) is 1. The van der Waals surface area contributed by atoms with Crippen LogP contribution in [-0.4, -0.2) is 23.6 Å². The summed E-state index contributed by atoms with van der Waals surface area (Å²) in [5.74, 6) is 0.232. The number of nitrogens with one attached hydrogen (secondary N) is 1. The Balaban J connectivity index is 1.85. The molecule has 1 amide bonds. The van der Waals surface area contributed by atoms with Crippen LogP contribution in [0.4, 0.5) is 0 Å². The number of carbonyl (C=O) groups excluding carboxylic acids is 1. The van der Waals surface area contributed by atoms with Crippen molar-refractivity contribution in [2.45, 2.75) is 18.7 Å². The average Bonchev–Trinajstić information content (AvgIpc) is 3.18. The number of amides is 1. The van der Waals surface area contributed by atoms with E-state index in [1.54, 1.807) is 37.5 Å². The van der Waals surface area contributed by atoms with Gasteiger partial charge in [0.25, 0.3) is 5.91 Å². The van der Waals surface area contributed by atoms with Crippen molar-refractivity contribution in [3.05, 3.63) is 52.4 Å². The maximum absolute atomic E-state index is 11.9. The molecule has 0 bridgehead atoms. The normalized spacial score (nSPS) is 16.0. The van der Waals surface area contributed by atoms with E-state index < -0.39 is 10.0 Å². The maximum Gasteiger partial charge on any atom is 0.263 e. The zero-order valence-electron chi connectivity index (χ0n) is 15.3. The van der Waals surface area contributed by atoms with Crippen LogP contribution < -0.4 is 10.5 Å². The lowest BCUT2D eigenvalue weighted by Gasteiger charge is -2.12. The van der Waals surface area contributed by atoms with Crippen molar-refractivity contribution >= 4 is 61.3 Å². The zero-order chi connectivity index (χ0) is 20.9. The van der Waals surface area contributed by atoms with Crippen LogP contribution in [0.5, 0.6) is 0 Å². The van der Waals surface area contributed by atoms with Crippen LogP contribution in [0.1, 0.15) is 16.9 Å². The number of carbonyl (C=O) groups is 1. The number of hydrogen-bond donors (Lipinski definition) is 2. The topological polar surface area (TPSA) is 115 Å². The number of sulfonamides is 1. The van der Waals surface area contributed by atoms with Gasteiger partial charge in [0.05, 0.1) is 9.80 Å². The Morgan fingerprint density at radius 2 is 1.97 bits per heavy atom. The molecule has 7 nitrogen and oxygen atoms in total. The minimum Gasteiger partial charge on any atom is -0.456 e. The molecule has 0 saturated carbocycles. The molecule has 0 radical (unpaired) electrons. The Morgan fingerprint density at radius 1 is 1.21 bits per heavy atom. The first kappa shape index (κ1) is 19.8. The molecule has 4 rings (SSSR count). The summed E-state index contributed by atoms with van der Waals surface area (Å²) in [5.41, 5.74) is 3.42. The van der Waals surface area contributed by atoms with Crippen LogP contribution in [0.2, 0.25) is 0 Å². The van der Waals surface area contributed by atoms with Crippen molar-refractivity contribution in [3.63, 3.8) is 0 Å². The summed E-state index contributed by atoms with van der Waals surface area (Å²) in [4.78, 5) is 16.7. The number of fused-ring (bicyclic) bond motifs is 1. The highest BCUT2D eigenvalue weighted by Gasteiger charge is 2.23. The molecule has 2 aromatic heterocycles. The molecule has 0 atom stereocenters. The van der Waals surface area contributed by atoms with Gasteiger partial charge >= 0.3 is 0 Å². The molecule has 3 aromatic rings. The summed E-state index contributed by atoms with van der Waals surface area (Å²) in [7, 11) is -3.81. The SMILES string of the molecule is Cc1c(-c2cncc3cc(/C=C4/SC(=S)NC4=O)oc23)ccc(S(N)(=O)=O)c1C. The minimum atomic E-state index is -3.81. The van der Waals surface area contributed by atoms with Gasteiger partial charge in [0.15, 0.2) is 0 Å². The van der Waals surface area contributed by atoms with Gasteiger partial charge in [0, 0.05) is 29.4 Å². The van der Waals surface area contributed by atoms with Crippen LogP contribution in [0.25, 0.3) is 28.2 Å². The molecule has 1 aromatic carbocycles. The standard InChI is InChI=1S/C19H15N3O4S3/c1-9-10(2)16(29(20,24)25)4-3-13(9)14-8-21-7-11-5-12(26-17(11)14)6-15-18(23)22-19(27)28-15/h3-8H,1-2H3,(H2,20,24,25)(H,22,23,27)/b15-6+. The highest BCUT2D eigenvalue weighted by Crippen LogP contribution is 2.36. The highest BCUT2D eigenvalue weighted by atomic mass is 32.2. The summed E-state index contributed by atoms with van der Waals surface area (Å²) in [5, 5.41) is 8.62. The van der Waals surface area contributed by atoms with Gasteiger partial charge in [-0.1, -0.05) is 30.0 Å². The number of hydrogen-bond acceptors (Lipinski definition) is 7. The average molecular weight is 446 g/mol. The van der Waals surface area contributed by atoms with E-state index in [0.29, 0.717) is 31.7 Å². The quantitative estimate of drug-likeness (QED) is 0.470. The summed E-state index contributed by atoms with van der Waals surface area (Å²) in [6.45, 7) is 3.54. The van der Waals surface area contributed by atoms with Gasteiger partial charge in [-0.25, -0.2) is 13.6 Å². The molecule has 1 aliphatic rings. The molecule has 3 heterocycles. The second-order valence-corrected chi connectivity index (χ2v) is 9.76. The number of primary sulfonamides is 1. The van der Waals surface area contributed by atoms with Crippen molar-refractivity contribution in [2.24, 2.45) is 5.14 Å². The molecule has 0 unspecified atom stereocenters. The Kier molecular flexibility index (Phi) is 4.82. The van der Waals surface area contributed by atoms with Gasteiger partial charge in [0.2, 0.25) is 10.0 Å². The molecule has 10 heteroatoms. The molecule has 1 fully saturated rings. The van der Waals surface area contributed by atoms with Crippen LogP contribution in [0.3, 0.4) is 0 Å². The first-order valence-electron chi connectivity index (χ1n) is 8.41. The van der Waals surface area contributed by atoms with E-state index >= 15 is 0 Å². The molecule has 0 spiro atoms. The third kappa shape index (κ3) is 3.60. The van der Waals surface area contributed by atoms with Gasteiger partial charge in [-0.15, -0.1) is 0 Å². The number of benzene rings is 1. The fourth-order valence-corrected chi connectivity index (χ4v) is 5.05. The maximum atomic E-state index is 11.9. The first-order valence-corrected chi connectivity index (χ1v) is 11.2. The van der Waals surface area contributed by atoms with Gasteiger partial charge in [0.1, 0.15) is 15.7 Å². The lowest BCUT2D eigenvalue weighted by atomic mass is 9.97. The Hall–Kier alpha value is -2.53.